The molecule has 0 radical (unpaired) electrons. The van der Waals surface area contributed by atoms with Gasteiger partial charge in [-0.15, -0.1) is 0 Å². The highest BCUT2D eigenvalue weighted by atomic mass is 16.5. The largest absolute Gasteiger partial charge is 0.439 e. The van der Waals surface area contributed by atoms with E-state index in [1.807, 2.05) is 30.3 Å². The number of H-pyrrole nitrogens is 2. The maximum Gasteiger partial charge on any atom is 0.439 e. The van der Waals surface area contributed by atoms with Crippen LogP contribution in [0.3, 0.4) is 0 Å². The molecule has 2 heterocycles. The third-order valence-electron chi connectivity index (χ3n) is 2.19. The Labute approximate surface area is 100 Å². The standard InChI is InChI=1S/C11H8N4O3/c16-11-14-10(15-18-11)9-12-6-8(13-9)17-7-4-2-1-3-5-7/h1-6H,(H,12,13)(H,14,15,16). The normalized spacial score (nSPS) is 10.4. The summed E-state index contributed by atoms with van der Waals surface area (Å²) in [5.41, 5.74) is 0. The molecule has 1 aromatic carbocycles. The molecule has 0 amide bonds. The summed E-state index contributed by atoms with van der Waals surface area (Å²) in [5, 5.41) is 3.51. The van der Waals surface area contributed by atoms with Gasteiger partial charge in [-0.25, -0.2) is 9.78 Å². The Morgan fingerprint density at radius 2 is 1.94 bits per heavy atom. The number of hydrogen-bond acceptors (Lipinski definition) is 5. The van der Waals surface area contributed by atoms with Crippen LogP contribution >= 0.6 is 0 Å². The molecular weight excluding hydrogens is 236 g/mol. The zero-order valence-corrected chi connectivity index (χ0v) is 9.08. The second-order valence-electron chi connectivity index (χ2n) is 3.45. The minimum Gasteiger partial charge on any atom is -0.439 e. The molecule has 0 bridgehead atoms. The van der Waals surface area contributed by atoms with Crippen LogP contribution in [0.2, 0.25) is 0 Å². The lowest BCUT2D eigenvalue weighted by atomic mass is 10.3. The van der Waals surface area contributed by atoms with E-state index in [4.69, 9.17) is 4.74 Å². The SMILES string of the molecule is O=c1[nH]c(-c2ncc(Oc3ccccc3)[nH]2)no1. The van der Waals surface area contributed by atoms with Crippen molar-refractivity contribution in [2.75, 3.05) is 0 Å². The summed E-state index contributed by atoms with van der Waals surface area (Å²) >= 11 is 0. The monoisotopic (exact) mass is 244 g/mol. The van der Waals surface area contributed by atoms with Crippen LogP contribution in [0.25, 0.3) is 11.6 Å². The molecule has 0 spiro atoms. The molecule has 7 nitrogen and oxygen atoms in total. The Balaban J connectivity index is 1.84. The summed E-state index contributed by atoms with van der Waals surface area (Å²) < 4.78 is 9.90. The number of ether oxygens (including phenoxy) is 1. The molecule has 3 aromatic rings. The van der Waals surface area contributed by atoms with Crippen molar-refractivity contribution in [3.63, 3.8) is 0 Å². The van der Waals surface area contributed by atoms with Gasteiger partial charge in [-0.1, -0.05) is 23.4 Å². The van der Waals surface area contributed by atoms with Crippen molar-refractivity contribution >= 4 is 0 Å². The number of imidazole rings is 1. The minimum absolute atomic E-state index is 0.225. The first-order valence-corrected chi connectivity index (χ1v) is 5.15. The van der Waals surface area contributed by atoms with Gasteiger partial charge in [0.2, 0.25) is 11.7 Å². The smallest absolute Gasteiger partial charge is 0.439 e. The lowest BCUT2D eigenvalue weighted by Gasteiger charge is -2.00. The third kappa shape index (κ3) is 2.01. The lowest BCUT2D eigenvalue weighted by molar-refractivity contribution is 0.387. The van der Waals surface area contributed by atoms with Crippen LogP contribution in [-0.2, 0) is 0 Å². The number of para-hydroxylation sites is 1. The fourth-order valence-corrected chi connectivity index (χ4v) is 1.42. The Morgan fingerprint density at radius 3 is 2.67 bits per heavy atom. The van der Waals surface area contributed by atoms with Crippen molar-refractivity contribution in [1.82, 2.24) is 20.1 Å². The van der Waals surface area contributed by atoms with Gasteiger partial charge in [-0.05, 0) is 12.1 Å². The number of benzene rings is 1. The van der Waals surface area contributed by atoms with Crippen LogP contribution in [0, 0.1) is 0 Å². The van der Waals surface area contributed by atoms with Crippen molar-refractivity contribution in [2.24, 2.45) is 0 Å². The number of nitrogens with zero attached hydrogens (tertiary/aromatic N) is 2. The average molecular weight is 244 g/mol. The molecular formula is C11H8N4O3. The number of nitrogens with one attached hydrogen (secondary N) is 2. The maximum absolute atomic E-state index is 10.8. The second kappa shape index (κ2) is 4.21. The molecule has 0 saturated carbocycles. The summed E-state index contributed by atoms with van der Waals surface area (Å²) in [6.07, 6.45) is 1.50. The summed E-state index contributed by atoms with van der Waals surface area (Å²) in [4.78, 5) is 20.1. The first-order valence-electron chi connectivity index (χ1n) is 5.15. The second-order valence-corrected chi connectivity index (χ2v) is 3.45. The molecule has 18 heavy (non-hydrogen) atoms. The van der Waals surface area contributed by atoms with Gasteiger partial charge >= 0.3 is 5.76 Å². The number of aromatic amines is 2. The highest BCUT2D eigenvalue weighted by Gasteiger charge is 2.09. The zero-order valence-electron chi connectivity index (χ0n) is 9.08. The molecule has 7 heteroatoms. The topological polar surface area (TPSA) is 96.8 Å². The molecule has 90 valence electrons. The fourth-order valence-electron chi connectivity index (χ4n) is 1.42. The Morgan fingerprint density at radius 1 is 1.11 bits per heavy atom. The third-order valence-corrected chi connectivity index (χ3v) is 2.19. The van der Waals surface area contributed by atoms with Crippen molar-refractivity contribution in [2.45, 2.75) is 0 Å². The molecule has 0 atom stereocenters. The average Bonchev–Trinajstić information content (AvgIpc) is 2.99. The van der Waals surface area contributed by atoms with E-state index in [2.05, 4.69) is 24.6 Å². The number of rotatable bonds is 3. The molecule has 0 fully saturated rings. The van der Waals surface area contributed by atoms with Gasteiger partial charge in [-0.3, -0.25) is 9.51 Å². The van der Waals surface area contributed by atoms with E-state index >= 15 is 0 Å². The first-order chi connectivity index (χ1) is 8.81. The van der Waals surface area contributed by atoms with Gasteiger partial charge in [0, 0.05) is 0 Å². The van der Waals surface area contributed by atoms with E-state index in [1.165, 1.54) is 6.20 Å². The summed E-state index contributed by atoms with van der Waals surface area (Å²) in [6.45, 7) is 0. The minimum atomic E-state index is -0.632. The molecule has 0 aliphatic rings. The van der Waals surface area contributed by atoms with E-state index in [0.29, 0.717) is 17.5 Å². The van der Waals surface area contributed by atoms with E-state index in [1.54, 1.807) is 0 Å². The van der Waals surface area contributed by atoms with Crippen LogP contribution in [0.4, 0.5) is 0 Å². The summed E-state index contributed by atoms with van der Waals surface area (Å²) in [7, 11) is 0. The van der Waals surface area contributed by atoms with Gasteiger partial charge in [0.25, 0.3) is 0 Å². The van der Waals surface area contributed by atoms with E-state index in [-0.39, 0.29) is 5.82 Å². The van der Waals surface area contributed by atoms with Gasteiger partial charge in [0.1, 0.15) is 5.75 Å². The van der Waals surface area contributed by atoms with Crippen LogP contribution in [0.1, 0.15) is 0 Å². The van der Waals surface area contributed by atoms with E-state index in [9.17, 15) is 4.79 Å². The molecule has 3 rings (SSSR count). The van der Waals surface area contributed by atoms with Crippen molar-refractivity contribution in [3.05, 3.63) is 47.1 Å². The highest BCUT2D eigenvalue weighted by molar-refractivity contribution is 5.43. The summed E-state index contributed by atoms with van der Waals surface area (Å²) in [5.74, 6) is 1.09. The van der Waals surface area contributed by atoms with E-state index in [0.717, 1.165) is 0 Å². The van der Waals surface area contributed by atoms with Crippen LogP contribution < -0.4 is 10.5 Å². The predicted octanol–water partition coefficient (Wildman–Crippen LogP) is 1.55. The van der Waals surface area contributed by atoms with Crippen molar-refractivity contribution in [1.29, 1.82) is 0 Å². The van der Waals surface area contributed by atoms with Crippen LogP contribution in [-0.4, -0.2) is 20.1 Å². The van der Waals surface area contributed by atoms with Crippen LogP contribution in [0.15, 0.2) is 45.8 Å². The fraction of sp³-hybridized carbons (Fsp3) is 0. The van der Waals surface area contributed by atoms with Crippen molar-refractivity contribution < 1.29 is 9.26 Å². The summed E-state index contributed by atoms with van der Waals surface area (Å²) in [6, 6.07) is 9.26. The number of hydrogen-bond donors (Lipinski definition) is 2. The predicted molar refractivity (Wildman–Crippen MR) is 61.2 cm³/mol. The maximum atomic E-state index is 10.8. The zero-order chi connectivity index (χ0) is 12.4. The van der Waals surface area contributed by atoms with Gasteiger partial charge in [-0.2, -0.15) is 0 Å². The highest BCUT2D eigenvalue weighted by Crippen LogP contribution is 2.20. The Kier molecular flexibility index (Phi) is 2.41. The molecule has 0 saturated heterocycles. The Hall–Kier alpha value is -2.83. The first kappa shape index (κ1) is 10.3. The van der Waals surface area contributed by atoms with Gasteiger partial charge in [0.05, 0.1) is 6.20 Å². The van der Waals surface area contributed by atoms with Crippen LogP contribution in [0.5, 0.6) is 11.6 Å². The Bertz CT molecular complexity index is 698. The number of aromatic nitrogens is 4. The van der Waals surface area contributed by atoms with Gasteiger partial charge < -0.3 is 9.72 Å². The molecule has 0 unspecified atom stereocenters. The lowest BCUT2D eigenvalue weighted by Crippen LogP contribution is -1.95. The molecule has 0 aliphatic heterocycles. The van der Waals surface area contributed by atoms with Gasteiger partial charge in [0.15, 0.2) is 5.82 Å². The quantitative estimate of drug-likeness (QED) is 0.728. The van der Waals surface area contributed by atoms with Crippen molar-refractivity contribution in [3.8, 4) is 23.3 Å². The molecule has 2 N–H and O–H groups in total. The van der Waals surface area contributed by atoms with E-state index < -0.39 is 5.76 Å². The molecule has 2 aromatic heterocycles. The molecule has 0 aliphatic carbocycles.